The van der Waals surface area contributed by atoms with Gasteiger partial charge in [0.25, 0.3) is 0 Å². The first-order valence-corrected chi connectivity index (χ1v) is 15.0. The zero-order chi connectivity index (χ0) is 26.0. The fourth-order valence-electron chi connectivity index (χ4n) is 4.67. The van der Waals surface area contributed by atoms with E-state index >= 15 is 0 Å². The fourth-order valence-corrected chi connectivity index (χ4v) is 6.12. The highest BCUT2D eigenvalue weighted by atomic mass is 79.9. The molecular formula is C30H32BrClN2O2S. The van der Waals surface area contributed by atoms with Crippen molar-refractivity contribution in [3.63, 3.8) is 0 Å². The van der Waals surface area contributed by atoms with Crippen molar-refractivity contribution in [3.8, 4) is 0 Å². The molecule has 0 aromatic heterocycles. The van der Waals surface area contributed by atoms with Crippen LogP contribution in [0.25, 0.3) is 0 Å². The first kappa shape index (κ1) is 27.7. The Bertz CT molecular complexity index is 1170. The molecule has 0 aliphatic heterocycles. The van der Waals surface area contributed by atoms with Crippen molar-refractivity contribution in [2.45, 2.75) is 56.5 Å². The Morgan fingerprint density at radius 2 is 1.65 bits per heavy atom. The minimum atomic E-state index is -0.592. The monoisotopic (exact) mass is 598 g/mol. The maximum Gasteiger partial charge on any atom is 0.243 e. The summed E-state index contributed by atoms with van der Waals surface area (Å²) in [6.45, 7) is 0.370. The molecule has 1 saturated carbocycles. The van der Waals surface area contributed by atoms with Crippen LogP contribution in [-0.2, 0) is 28.3 Å². The third-order valence-electron chi connectivity index (χ3n) is 6.62. The second-order valence-electron chi connectivity index (χ2n) is 9.47. The fraction of sp³-hybridized carbons (Fsp3) is 0.333. The van der Waals surface area contributed by atoms with Gasteiger partial charge in [-0.05, 0) is 53.8 Å². The van der Waals surface area contributed by atoms with Crippen LogP contribution in [0, 0.1) is 0 Å². The highest BCUT2D eigenvalue weighted by Gasteiger charge is 2.32. The quantitative estimate of drug-likeness (QED) is 0.257. The average Bonchev–Trinajstić information content (AvgIpc) is 3.41. The van der Waals surface area contributed by atoms with E-state index in [4.69, 9.17) is 11.6 Å². The van der Waals surface area contributed by atoms with Gasteiger partial charge in [-0.3, -0.25) is 9.59 Å². The van der Waals surface area contributed by atoms with Gasteiger partial charge >= 0.3 is 0 Å². The van der Waals surface area contributed by atoms with Gasteiger partial charge < -0.3 is 10.2 Å². The number of carbonyl (C=O) groups excluding carboxylic acids is 2. The molecule has 3 aromatic rings. The van der Waals surface area contributed by atoms with E-state index in [1.54, 1.807) is 16.7 Å². The van der Waals surface area contributed by atoms with Crippen molar-refractivity contribution in [1.82, 2.24) is 10.2 Å². The molecule has 1 unspecified atom stereocenters. The predicted octanol–water partition coefficient (Wildman–Crippen LogP) is 7.03. The molecule has 2 amide bonds. The van der Waals surface area contributed by atoms with Crippen LogP contribution in [-0.4, -0.2) is 34.6 Å². The zero-order valence-electron chi connectivity index (χ0n) is 20.7. The third-order valence-corrected chi connectivity index (χ3v) is 8.36. The van der Waals surface area contributed by atoms with Crippen LogP contribution < -0.4 is 5.32 Å². The van der Waals surface area contributed by atoms with Gasteiger partial charge in [0, 0.05) is 34.3 Å². The van der Waals surface area contributed by atoms with Crippen LogP contribution in [0.1, 0.15) is 42.4 Å². The van der Waals surface area contributed by atoms with E-state index in [0.29, 0.717) is 29.5 Å². The van der Waals surface area contributed by atoms with Crippen molar-refractivity contribution in [2.24, 2.45) is 0 Å². The molecule has 4 nitrogen and oxygen atoms in total. The lowest BCUT2D eigenvalue weighted by atomic mass is 10.0. The summed E-state index contributed by atoms with van der Waals surface area (Å²) in [6.07, 6.45) is 4.74. The summed E-state index contributed by atoms with van der Waals surface area (Å²) in [5, 5.41) is 3.95. The van der Waals surface area contributed by atoms with E-state index in [0.717, 1.165) is 46.8 Å². The van der Waals surface area contributed by atoms with Crippen LogP contribution in [0.3, 0.4) is 0 Å². The van der Waals surface area contributed by atoms with Gasteiger partial charge in [0.15, 0.2) is 0 Å². The number of halogens is 2. The molecule has 3 aromatic carbocycles. The largest absolute Gasteiger partial charge is 0.352 e. The molecule has 7 heteroatoms. The molecule has 1 aliphatic rings. The number of carbonyl (C=O) groups is 2. The second-order valence-corrected chi connectivity index (χ2v) is 11.8. The minimum absolute atomic E-state index is 0.0403. The number of amides is 2. The number of hydrogen-bond donors (Lipinski definition) is 1. The first-order chi connectivity index (χ1) is 18.0. The molecule has 0 heterocycles. The second kappa shape index (κ2) is 14.0. The molecule has 0 bridgehead atoms. The smallest absolute Gasteiger partial charge is 0.243 e. The molecule has 37 heavy (non-hydrogen) atoms. The lowest BCUT2D eigenvalue weighted by molar-refractivity contribution is -0.139. The molecular weight excluding hydrogens is 568 g/mol. The number of hydrogen-bond acceptors (Lipinski definition) is 3. The van der Waals surface area contributed by atoms with Gasteiger partial charge in [-0.25, -0.2) is 0 Å². The van der Waals surface area contributed by atoms with E-state index in [-0.39, 0.29) is 17.9 Å². The van der Waals surface area contributed by atoms with E-state index in [1.165, 1.54) is 0 Å². The lowest BCUT2D eigenvalue weighted by Gasteiger charge is -2.32. The molecule has 1 N–H and O–H groups in total. The Hall–Kier alpha value is -2.28. The van der Waals surface area contributed by atoms with Crippen molar-refractivity contribution in [1.29, 1.82) is 0 Å². The Kier molecular flexibility index (Phi) is 10.5. The Balaban J connectivity index is 1.56. The summed E-state index contributed by atoms with van der Waals surface area (Å²) in [4.78, 5) is 29.2. The van der Waals surface area contributed by atoms with E-state index in [2.05, 4.69) is 21.2 Å². The normalized spacial score (nSPS) is 14.3. The molecule has 1 aliphatic carbocycles. The van der Waals surface area contributed by atoms with E-state index < -0.39 is 6.04 Å². The SMILES string of the molecule is O=C(NC1CCCC1)C(Cc1ccccc1)N(Cc1cccc(Br)c1)C(=O)CSCc1ccc(Cl)cc1. The van der Waals surface area contributed by atoms with Crippen LogP contribution in [0.15, 0.2) is 83.3 Å². The van der Waals surface area contributed by atoms with Gasteiger partial charge in [-0.1, -0.05) is 95.0 Å². The summed E-state index contributed by atoms with van der Waals surface area (Å²) >= 11 is 11.1. The van der Waals surface area contributed by atoms with Crippen LogP contribution >= 0.6 is 39.3 Å². The number of thioether (sulfide) groups is 1. The number of rotatable bonds is 11. The minimum Gasteiger partial charge on any atom is -0.352 e. The first-order valence-electron chi connectivity index (χ1n) is 12.7. The number of nitrogens with one attached hydrogen (secondary N) is 1. The van der Waals surface area contributed by atoms with Crippen molar-refractivity contribution in [2.75, 3.05) is 5.75 Å². The maximum absolute atomic E-state index is 13.7. The molecule has 0 radical (unpaired) electrons. The Morgan fingerprint density at radius 1 is 0.946 bits per heavy atom. The van der Waals surface area contributed by atoms with Crippen LogP contribution in [0.2, 0.25) is 5.02 Å². The Labute approximate surface area is 237 Å². The number of nitrogens with zero attached hydrogens (tertiary/aromatic N) is 1. The highest BCUT2D eigenvalue weighted by Crippen LogP contribution is 2.22. The lowest BCUT2D eigenvalue weighted by Crippen LogP contribution is -2.52. The summed E-state index contributed by atoms with van der Waals surface area (Å²) in [7, 11) is 0. The molecule has 1 atom stereocenters. The molecule has 194 valence electrons. The van der Waals surface area contributed by atoms with Gasteiger partial charge in [0.05, 0.1) is 5.75 Å². The maximum atomic E-state index is 13.7. The average molecular weight is 600 g/mol. The summed E-state index contributed by atoms with van der Waals surface area (Å²) in [5.41, 5.74) is 3.13. The van der Waals surface area contributed by atoms with Crippen LogP contribution in [0.4, 0.5) is 0 Å². The summed E-state index contributed by atoms with van der Waals surface area (Å²) < 4.78 is 0.949. The van der Waals surface area contributed by atoms with Gasteiger partial charge in [-0.15, -0.1) is 11.8 Å². The van der Waals surface area contributed by atoms with E-state index in [1.807, 2.05) is 78.9 Å². The molecule has 0 spiro atoms. The van der Waals surface area contributed by atoms with Crippen molar-refractivity contribution in [3.05, 3.63) is 105 Å². The van der Waals surface area contributed by atoms with Crippen LogP contribution in [0.5, 0.6) is 0 Å². The third kappa shape index (κ3) is 8.62. The molecule has 0 saturated heterocycles. The predicted molar refractivity (Wildman–Crippen MR) is 157 cm³/mol. The standard InChI is InChI=1S/C30H32BrClN2O2S/c31-25-10-6-9-24(17-25)19-34(29(35)21-37-20-23-13-15-26(32)16-14-23)28(18-22-7-2-1-3-8-22)30(36)33-27-11-4-5-12-27/h1-3,6-10,13-17,27-28H,4-5,11-12,18-21H2,(H,33,36). The van der Waals surface area contributed by atoms with Crippen molar-refractivity contribution < 1.29 is 9.59 Å². The summed E-state index contributed by atoms with van der Waals surface area (Å²) in [5.74, 6) is 0.882. The van der Waals surface area contributed by atoms with Gasteiger partial charge in [-0.2, -0.15) is 0 Å². The van der Waals surface area contributed by atoms with Crippen molar-refractivity contribution >= 4 is 51.1 Å². The number of benzene rings is 3. The molecule has 1 fully saturated rings. The zero-order valence-corrected chi connectivity index (χ0v) is 23.9. The van der Waals surface area contributed by atoms with Gasteiger partial charge in [0.1, 0.15) is 6.04 Å². The Morgan fingerprint density at radius 3 is 2.35 bits per heavy atom. The topological polar surface area (TPSA) is 49.4 Å². The highest BCUT2D eigenvalue weighted by molar-refractivity contribution is 9.10. The van der Waals surface area contributed by atoms with E-state index in [9.17, 15) is 9.59 Å². The van der Waals surface area contributed by atoms with Gasteiger partial charge in [0.2, 0.25) is 11.8 Å². The summed E-state index contributed by atoms with van der Waals surface area (Å²) in [6, 6.07) is 25.2. The molecule has 4 rings (SSSR count).